The molecule has 0 saturated heterocycles. The summed E-state index contributed by atoms with van der Waals surface area (Å²) in [6.07, 6.45) is 0.220. The van der Waals surface area contributed by atoms with Crippen molar-refractivity contribution in [3.05, 3.63) is 151 Å². The topological polar surface area (TPSA) is 105 Å². The van der Waals surface area contributed by atoms with Gasteiger partial charge in [-0.1, -0.05) is 92.7 Å². The predicted octanol–water partition coefficient (Wildman–Crippen LogP) is 7.10. The first kappa shape index (κ1) is 36.7. The Morgan fingerprint density at radius 3 is 1.90 bits per heavy atom. The largest absolute Gasteiger partial charge is 0.497 e. The molecule has 0 unspecified atom stereocenters. The number of carbonyl (C=O) groups excluding carboxylic acids is 2. The van der Waals surface area contributed by atoms with E-state index >= 15 is 0 Å². The SMILES string of the molecule is COc1cccc(CN(C(=O)CN(c2ccc(Oc3ccccc3)cc2)S(=O)(=O)c2ccccc2)[C@@H](Cc2ccccc2)C(=O)NCC(C)C)c1. The molecule has 0 aliphatic rings. The molecule has 9 nitrogen and oxygen atoms in total. The molecule has 0 saturated carbocycles. The van der Waals surface area contributed by atoms with E-state index in [0.717, 1.165) is 15.4 Å². The quantitative estimate of drug-likeness (QED) is 0.118. The summed E-state index contributed by atoms with van der Waals surface area (Å²) in [5.74, 6) is 1.01. The Hall–Kier alpha value is -5.61. The van der Waals surface area contributed by atoms with Crippen molar-refractivity contribution in [2.75, 3.05) is 24.5 Å². The lowest BCUT2D eigenvalue weighted by Crippen LogP contribution is -2.53. The van der Waals surface area contributed by atoms with Crippen molar-refractivity contribution in [1.29, 1.82) is 0 Å². The second kappa shape index (κ2) is 17.4. The predicted molar refractivity (Wildman–Crippen MR) is 199 cm³/mol. The molecule has 51 heavy (non-hydrogen) atoms. The minimum absolute atomic E-state index is 0.0252. The summed E-state index contributed by atoms with van der Waals surface area (Å²) in [5, 5.41) is 3.01. The number of amides is 2. The Kier molecular flexibility index (Phi) is 12.5. The molecule has 0 aromatic heterocycles. The van der Waals surface area contributed by atoms with Crippen LogP contribution in [0.25, 0.3) is 0 Å². The van der Waals surface area contributed by atoms with Crippen LogP contribution in [0.3, 0.4) is 0 Å². The summed E-state index contributed by atoms with van der Waals surface area (Å²) in [6, 6.07) is 39.5. The van der Waals surface area contributed by atoms with E-state index in [1.165, 1.54) is 17.0 Å². The van der Waals surface area contributed by atoms with E-state index < -0.39 is 28.5 Å². The number of carbonyl (C=O) groups is 2. The van der Waals surface area contributed by atoms with Gasteiger partial charge in [0.05, 0.1) is 17.7 Å². The fourth-order valence-electron chi connectivity index (χ4n) is 5.50. The number of rotatable bonds is 16. The van der Waals surface area contributed by atoms with Crippen LogP contribution in [0, 0.1) is 5.92 Å². The molecule has 0 spiro atoms. The first-order chi connectivity index (χ1) is 24.6. The summed E-state index contributed by atoms with van der Waals surface area (Å²) in [5.41, 5.74) is 1.84. The molecule has 5 rings (SSSR count). The van der Waals surface area contributed by atoms with E-state index in [1.54, 1.807) is 61.7 Å². The van der Waals surface area contributed by atoms with Crippen LogP contribution in [-0.4, -0.2) is 51.4 Å². The van der Waals surface area contributed by atoms with Crippen LogP contribution in [0.2, 0.25) is 0 Å². The van der Waals surface area contributed by atoms with Gasteiger partial charge in [-0.05, 0) is 77.7 Å². The normalized spacial score (nSPS) is 11.8. The highest BCUT2D eigenvalue weighted by Gasteiger charge is 2.34. The zero-order chi connectivity index (χ0) is 36.2. The second-order valence-electron chi connectivity index (χ2n) is 12.5. The maximum atomic E-state index is 14.7. The van der Waals surface area contributed by atoms with Crippen molar-refractivity contribution in [3.63, 3.8) is 0 Å². The highest BCUT2D eigenvalue weighted by molar-refractivity contribution is 7.92. The molecule has 0 aliphatic carbocycles. The van der Waals surface area contributed by atoms with Gasteiger partial charge in [-0.3, -0.25) is 13.9 Å². The molecule has 1 N–H and O–H groups in total. The fourth-order valence-corrected chi connectivity index (χ4v) is 6.93. The molecular formula is C41H43N3O6S. The fraction of sp³-hybridized carbons (Fsp3) is 0.220. The van der Waals surface area contributed by atoms with Gasteiger partial charge < -0.3 is 19.7 Å². The lowest BCUT2D eigenvalue weighted by Gasteiger charge is -2.34. The van der Waals surface area contributed by atoms with Gasteiger partial charge >= 0.3 is 0 Å². The molecule has 0 radical (unpaired) electrons. The molecule has 0 heterocycles. The summed E-state index contributed by atoms with van der Waals surface area (Å²) < 4.78 is 41.1. The number of hydrogen-bond acceptors (Lipinski definition) is 6. The van der Waals surface area contributed by atoms with Gasteiger partial charge in [-0.25, -0.2) is 8.42 Å². The van der Waals surface area contributed by atoms with Gasteiger partial charge in [0.1, 0.15) is 29.8 Å². The molecule has 264 valence electrons. The average Bonchev–Trinajstić information content (AvgIpc) is 3.15. The average molecular weight is 706 g/mol. The van der Waals surface area contributed by atoms with Crippen LogP contribution in [0.5, 0.6) is 17.2 Å². The van der Waals surface area contributed by atoms with Gasteiger partial charge in [0.25, 0.3) is 10.0 Å². The first-order valence-corrected chi connectivity index (χ1v) is 18.2. The Balaban J connectivity index is 1.55. The third-order valence-electron chi connectivity index (χ3n) is 8.16. The molecule has 0 bridgehead atoms. The smallest absolute Gasteiger partial charge is 0.264 e. The van der Waals surface area contributed by atoms with Crippen molar-refractivity contribution in [3.8, 4) is 17.2 Å². The van der Waals surface area contributed by atoms with Crippen LogP contribution in [0.1, 0.15) is 25.0 Å². The molecule has 5 aromatic rings. The molecule has 2 amide bonds. The van der Waals surface area contributed by atoms with Crippen molar-refractivity contribution in [1.82, 2.24) is 10.2 Å². The van der Waals surface area contributed by atoms with Crippen LogP contribution in [0.4, 0.5) is 5.69 Å². The number of ether oxygens (including phenoxy) is 2. The molecule has 5 aromatic carbocycles. The van der Waals surface area contributed by atoms with Crippen LogP contribution < -0.4 is 19.1 Å². The molecule has 1 atom stereocenters. The Labute approximate surface area is 300 Å². The van der Waals surface area contributed by atoms with E-state index in [1.807, 2.05) is 86.6 Å². The van der Waals surface area contributed by atoms with E-state index in [-0.39, 0.29) is 35.4 Å². The minimum atomic E-state index is -4.24. The van der Waals surface area contributed by atoms with E-state index in [4.69, 9.17) is 9.47 Å². The summed E-state index contributed by atoms with van der Waals surface area (Å²) in [4.78, 5) is 30.2. The number of hydrogen-bond donors (Lipinski definition) is 1. The highest BCUT2D eigenvalue weighted by Crippen LogP contribution is 2.29. The maximum Gasteiger partial charge on any atom is 0.264 e. The zero-order valence-electron chi connectivity index (χ0n) is 29.0. The van der Waals surface area contributed by atoms with Gasteiger partial charge in [-0.15, -0.1) is 0 Å². The number of sulfonamides is 1. The standard InChI is InChI=1S/C41H43N3O6S/c1-31(2)28-42-41(46)39(27-32-14-7-4-8-15-32)43(29-33-16-13-19-37(26-33)49-3)40(45)30-44(51(47,48)38-20-11-6-12-21-38)34-22-24-36(25-23-34)50-35-17-9-5-10-18-35/h4-26,31,39H,27-30H2,1-3H3,(H,42,46)/t39-/m0/s1. The third kappa shape index (κ3) is 9.98. The van der Waals surface area contributed by atoms with Gasteiger partial charge in [0.2, 0.25) is 11.8 Å². The lowest BCUT2D eigenvalue weighted by atomic mass is 10.0. The summed E-state index contributed by atoms with van der Waals surface area (Å²) >= 11 is 0. The first-order valence-electron chi connectivity index (χ1n) is 16.8. The summed E-state index contributed by atoms with van der Waals surface area (Å²) in [7, 11) is -2.68. The third-order valence-corrected chi connectivity index (χ3v) is 9.94. The van der Waals surface area contributed by atoms with E-state index in [9.17, 15) is 18.0 Å². The maximum absolute atomic E-state index is 14.7. The molecule has 0 aliphatic heterocycles. The number of benzene rings is 5. The van der Waals surface area contributed by atoms with Gasteiger partial charge in [-0.2, -0.15) is 0 Å². The van der Waals surface area contributed by atoms with Crippen molar-refractivity contribution in [2.24, 2.45) is 5.92 Å². The highest BCUT2D eigenvalue weighted by atomic mass is 32.2. The van der Waals surface area contributed by atoms with Crippen molar-refractivity contribution < 1.29 is 27.5 Å². The van der Waals surface area contributed by atoms with E-state index in [2.05, 4.69) is 5.32 Å². The van der Waals surface area contributed by atoms with Crippen LogP contribution >= 0.6 is 0 Å². The number of methoxy groups -OCH3 is 1. The Bertz CT molecular complexity index is 1970. The van der Waals surface area contributed by atoms with Crippen molar-refractivity contribution >= 4 is 27.5 Å². The second-order valence-corrected chi connectivity index (χ2v) is 14.3. The molecule has 0 fully saturated rings. The number of para-hydroxylation sites is 1. The number of anilines is 1. The van der Waals surface area contributed by atoms with E-state index in [0.29, 0.717) is 23.8 Å². The summed E-state index contributed by atoms with van der Waals surface area (Å²) in [6.45, 7) is 3.87. The van der Waals surface area contributed by atoms with Crippen LogP contribution in [-0.2, 0) is 32.6 Å². The minimum Gasteiger partial charge on any atom is -0.497 e. The molecular weight excluding hydrogens is 663 g/mol. The monoisotopic (exact) mass is 705 g/mol. The Morgan fingerprint density at radius 2 is 1.27 bits per heavy atom. The Morgan fingerprint density at radius 1 is 0.706 bits per heavy atom. The van der Waals surface area contributed by atoms with Gasteiger partial charge in [0, 0.05) is 19.5 Å². The number of nitrogens with one attached hydrogen (secondary N) is 1. The van der Waals surface area contributed by atoms with Gasteiger partial charge in [0.15, 0.2) is 0 Å². The lowest BCUT2D eigenvalue weighted by molar-refractivity contribution is -0.140. The zero-order valence-corrected chi connectivity index (χ0v) is 29.8. The number of nitrogens with zero attached hydrogens (tertiary/aromatic N) is 2. The molecule has 10 heteroatoms. The van der Waals surface area contributed by atoms with Crippen LogP contribution in [0.15, 0.2) is 144 Å². The van der Waals surface area contributed by atoms with Crippen molar-refractivity contribution in [2.45, 2.75) is 37.8 Å².